The fraction of sp³-hybridized carbons (Fsp3) is 0.0455. The Labute approximate surface area is 156 Å². The lowest BCUT2D eigenvalue weighted by atomic mass is 9.94. The molecular formula is C22H16ClNO2. The van der Waals surface area contributed by atoms with E-state index >= 15 is 0 Å². The molecule has 1 heterocycles. The van der Waals surface area contributed by atoms with Crippen LogP contribution in [0.5, 0.6) is 0 Å². The van der Waals surface area contributed by atoms with Gasteiger partial charge in [-0.3, -0.25) is 4.79 Å². The molecule has 3 aromatic carbocycles. The third-order valence-electron chi connectivity index (χ3n) is 4.40. The van der Waals surface area contributed by atoms with Crippen LogP contribution in [0.4, 0.5) is 0 Å². The minimum Gasteiger partial charge on any atom is -0.413 e. The van der Waals surface area contributed by atoms with Crippen molar-refractivity contribution in [1.82, 2.24) is 4.73 Å². The molecule has 0 atom stereocenters. The first-order valence-corrected chi connectivity index (χ1v) is 8.62. The molecule has 0 radical (unpaired) electrons. The highest BCUT2D eigenvalue weighted by Crippen LogP contribution is 2.37. The van der Waals surface area contributed by atoms with Crippen LogP contribution in [0.3, 0.4) is 0 Å². The molecule has 0 unspecified atom stereocenters. The van der Waals surface area contributed by atoms with Crippen LogP contribution >= 0.6 is 11.6 Å². The van der Waals surface area contributed by atoms with Crippen molar-refractivity contribution in [3.05, 3.63) is 94.2 Å². The molecule has 0 saturated carbocycles. The molecule has 0 bridgehead atoms. The van der Waals surface area contributed by atoms with E-state index in [2.05, 4.69) is 0 Å². The average Bonchev–Trinajstić information content (AvgIpc) is 2.69. The predicted molar refractivity (Wildman–Crippen MR) is 107 cm³/mol. The summed E-state index contributed by atoms with van der Waals surface area (Å²) in [6.07, 6.45) is 0. The first-order valence-electron chi connectivity index (χ1n) is 8.24. The van der Waals surface area contributed by atoms with Crippen molar-refractivity contribution < 1.29 is 4.84 Å². The second-order valence-electron chi connectivity index (χ2n) is 5.93. The zero-order valence-electron chi connectivity index (χ0n) is 14.1. The van der Waals surface area contributed by atoms with Crippen molar-refractivity contribution in [1.29, 1.82) is 0 Å². The fourth-order valence-electron chi connectivity index (χ4n) is 3.28. The maximum Gasteiger partial charge on any atom is 0.291 e. The van der Waals surface area contributed by atoms with Gasteiger partial charge in [-0.15, -0.1) is 4.73 Å². The monoisotopic (exact) mass is 361 g/mol. The smallest absolute Gasteiger partial charge is 0.291 e. The maximum atomic E-state index is 13.0. The minimum absolute atomic E-state index is 0.210. The van der Waals surface area contributed by atoms with Gasteiger partial charge in [0.1, 0.15) is 7.11 Å². The molecule has 0 aliphatic rings. The fourth-order valence-corrected chi connectivity index (χ4v) is 3.45. The summed E-state index contributed by atoms with van der Waals surface area (Å²) in [5.41, 5.74) is 3.30. The highest BCUT2D eigenvalue weighted by molar-refractivity contribution is 6.31. The van der Waals surface area contributed by atoms with Gasteiger partial charge in [0.05, 0.1) is 11.1 Å². The van der Waals surface area contributed by atoms with Crippen LogP contribution in [0.25, 0.3) is 33.2 Å². The van der Waals surface area contributed by atoms with Crippen molar-refractivity contribution in [2.24, 2.45) is 0 Å². The van der Waals surface area contributed by atoms with E-state index < -0.39 is 0 Å². The van der Waals surface area contributed by atoms with Gasteiger partial charge in [-0.2, -0.15) is 0 Å². The Hall–Kier alpha value is -3.04. The number of halogens is 1. The number of rotatable bonds is 3. The maximum absolute atomic E-state index is 13.0. The zero-order chi connectivity index (χ0) is 18.1. The van der Waals surface area contributed by atoms with Gasteiger partial charge >= 0.3 is 0 Å². The van der Waals surface area contributed by atoms with E-state index in [1.165, 1.54) is 11.8 Å². The van der Waals surface area contributed by atoms with Gasteiger partial charge in [-0.05, 0) is 29.1 Å². The summed E-state index contributed by atoms with van der Waals surface area (Å²) in [4.78, 5) is 18.5. The molecule has 3 nitrogen and oxygen atoms in total. The Bertz CT molecular complexity index is 1140. The first-order chi connectivity index (χ1) is 12.7. The standard InChI is InChI=1S/C22H16ClNO2/c1-26-24-21(16-10-6-3-7-11-16)20(15-8-4-2-5-9-15)19-14-17(23)12-13-18(19)22(24)25/h2-14H,1H3. The SMILES string of the molecule is COn1c(-c2ccccc2)c(-c2ccccc2)c2cc(Cl)ccc2c1=O. The van der Waals surface area contributed by atoms with E-state index in [4.69, 9.17) is 16.4 Å². The number of hydrogen-bond donors (Lipinski definition) is 0. The lowest BCUT2D eigenvalue weighted by molar-refractivity contribution is 0.163. The van der Waals surface area contributed by atoms with Gasteiger partial charge in [0.15, 0.2) is 0 Å². The molecule has 1 aromatic heterocycles. The van der Waals surface area contributed by atoms with E-state index in [9.17, 15) is 4.79 Å². The molecule has 0 spiro atoms. The lowest BCUT2D eigenvalue weighted by Gasteiger charge is -2.19. The third-order valence-corrected chi connectivity index (χ3v) is 4.63. The summed E-state index contributed by atoms with van der Waals surface area (Å²) in [7, 11) is 1.50. The molecule has 0 aliphatic carbocycles. The third kappa shape index (κ3) is 2.67. The molecule has 0 amide bonds. The Morgan fingerprint density at radius 1 is 0.808 bits per heavy atom. The van der Waals surface area contributed by atoms with Crippen LogP contribution < -0.4 is 10.4 Å². The first kappa shape index (κ1) is 16.4. The average molecular weight is 362 g/mol. The molecule has 4 rings (SSSR count). The van der Waals surface area contributed by atoms with Gasteiger partial charge in [-0.25, -0.2) is 0 Å². The van der Waals surface area contributed by atoms with Crippen LogP contribution in [0.2, 0.25) is 5.02 Å². The summed E-state index contributed by atoms with van der Waals surface area (Å²) in [5, 5.41) is 1.96. The van der Waals surface area contributed by atoms with Crippen molar-refractivity contribution >= 4 is 22.4 Å². The minimum atomic E-state index is -0.210. The van der Waals surface area contributed by atoms with Crippen molar-refractivity contribution in [2.75, 3.05) is 7.11 Å². The van der Waals surface area contributed by atoms with Crippen molar-refractivity contribution in [3.8, 4) is 22.4 Å². The number of benzene rings is 3. The molecule has 0 N–H and O–H groups in total. The van der Waals surface area contributed by atoms with Crippen LogP contribution in [-0.2, 0) is 0 Å². The number of nitrogens with zero attached hydrogens (tertiary/aromatic N) is 1. The molecule has 0 aliphatic heterocycles. The topological polar surface area (TPSA) is 31.2 Å². The highest BCUT2D eigenvalue weighted by Gasteiger charge is 2.20. The highest BCUT2D eigenvalue weighted by atomic mass is 35.5. The van der Waals surface area contributed by atoms with Crippen LogP contribution in [0.15, 0.2) is 83.7 Å². The second-order valence-corrected chi connectivity index (χ2v) is 6.36. The number of fused-ring (bicyclic) bond motifs is 1. The van der Waals surface area contributed by atoms with Gasteiger partial charge in [-0.1, -0.05) is 72.3 Å². The summed E-state index contributed by atoms with van der Waals surface area (Å²) < 4.78 is 1.36. The quantitative estimate of drug-likeness (QED) is 0.511. The lowest BCUT2D eigenvalue weighted by Crippen LogP contribution is -2.27. The Balaban J connectivity index is 2.26. The van der Waals surface area contributed by atoms with E-state index in [1.807, 2.05) is 66.7 Å². The summed E-state index contributed by atoms with van der Waals surface area (Å²) in [6, 6.07) is 25.0. The van der Waals surface area contributed by atoms with Crippen molar-refractivity contribution in [2.45, 2.75) is 0 Å². The normalized spacial score (nSPS) is 10.8. The summed E-state index contributed by atoms with van der Waals surface area (Å²) in [6.45, 7) is 0. The molecule has 0 fully saturated rings. The van der Waals surface area contributed by atoms with Gasteiger partial charge in [0.2, 0.25) is 0 Å². The predicted octanol–water partition coefficient (Wildman–Crippen LogP) is 5.05. The zero-order valence-corrected chi connectivity index (χ0v) is 14.9. The summed E-state index contributed by atoms with van der Waals surface area (Å²) in [5.74, 6) is 0. The Morgan fingerprint density at radius 3 is 2.04 bits per heavy atom. The number of hydrogen-bond acceptors (Lipinski definition) is 2. The van der Waals surface area contributed by atoms with Gasteiger partial charge < -0.3 is 4.84 Å². The van der Waals surface area contributed by atoms with Gasteiger partial charge in [0.25, 0.3) is 5.56 Å². The Kier molecular flexibility index (Phi) is 4.23. The second kappa shape index (κ2) is 6.70. The van der Waals surface area contributed by atoms with Crippen molar-refractivity contribution in [3.63, 3.8) is 0 Å². The number of aromatic nitrogens is 1. The van der Waals surface area contributed by atoms with E-state index in [1.54, 1.807) is 12.1 Å². The number of pyridine rings is 1. The van der Waals surface area contributed by atoms with Crippen LogP contribution in [0.1, 0.15) is 0 Å². The molecule has 4 heteroatoms. The van der Waals surface area contributed by atoms with E-state index in [0.29, 0.717) is 16.1 Å². The van der Waals surface area contributed by atoms with E-state index in [0.717, 1.165) is 22.1 Å². The summed E-state index contributed by atoms with van der Waals surface area (Å²) >= 11 is 6.26. The van der Waals surface area contributed by atoms with E-state index in [-0.39, 0.29) is 5.56 Å². The molecule has 128 valence electrons. The largest absolute Gasteiger partial charge is 0.413 e. The van der Waals surface area contributed by atoms with Crippen LogP contribution in [0, 0.1) is 0 Å². The molecule has 0 saturated heterocycles. The molecular weight excluding hydrogens is 346 g/mol. The van der Waals surface area contributed by atoms with Gasteiger partial charge in [0, 0.05) is 16.1 Å². The van der Waals surface area contributed by atoms with Crippen LogP contribution in [-0.4, -0.2) is 11.8 Å². The molecule has 4 aromatic rings. The Morgan fingerprint density at radius 2 is 1.42 bits per heavy atom. The molecule has 26 heavy (non-hydrogen) atoms.